The Kier molecular flexibility index (Phi) is 2.73. The molecule has 0 saturated carbocycles. The molecule has 0 unspecified atom stereocenters. The monoisotopic (exact) mass is 208 g/mol. The standard InChI is InChI=1S/C10H16N4O/c1-7-9(6-14(2)13-7)12-10(15)8-4-3-5-11-8/h6,8,11H,3-5H2,1-2H3,(H,12,15)/t8-/m1/s1. The normalized spacial score (nSPS) is 20.5. The van der Waals surface area contributed by atoms with Crippen molar-refractivity contribution in [1.29, 1.82) is 0 Å². The van der Waals surface area contributed by atoms with Gasteiger partial charge in [-0.1, -0.05) is 0 Å². The molecular weight excluding hydrogens is 192 g/mol. The summed E-state index contributed by atoms with van der Waals surface area (Å²) in [6.07, 6.45) is 3.82. The van der Waals surface area contributed by atoms with Crippen LogP contribution in [0.25, 0.3) is 0 Å². The average Bonchev–Trinajstić information content (AvgIpc) is 2.76. The number of amides is 1. The highest BCUT2D eigenvalue weighted by atomic mass is 16.2. The van der Waals surface area contributed by atoms with Crippen LogP contribution in [0.5, 0.6) is 0 Å². The van der Waals surface area contributed by atoms with Gasteiger partial charge in [-0.15, -0.1) is 0 Å². The topological polar surface area (TPSA) is 59.0 Å². The summed E-state index contributed by atoms with van der Waals surface area (Å²) >= 11 is 0. The Labute approximate surface area is 88.8 Å². The van der Waals surface area contributed by atoms with Crippen LogP contribution >= 0.6 is 0 Å². The van der Waals surface area contributed by atoms with Crippen LogP contribution in [0, 0.1) is 6.92 Å². The Morgan fingerprint density at radius 1 is 1.73 bits per heavy atom. The lowest BCUT2D eigenvalue weighted by atomic mass is 10.2. The molecular formula is C10H16N4O. The molecule has 1 saturated heterocycles. The maximum Gasteiger partial charge on any atom is 0.241 e. The van der Waals surface area contributed by atoms with E-state index in [-0.39, 0.29) is 11.9 Å². The molecule has 2 rings (SSSR count). The Balaban J connectivity index is 2.01. The van der Waals surface area contributed by atoms with E-state index in [0.717, 1.165) is 30.8 Å². The molecule has 5 heteroatoms. The maximum absolute atomic E-state index is 11.8. The van der Waals surface area contributed by atoms with Crippen molar-refractivity contribution < 1.29 is 4.79 Å². The third-order valence-corrected chi connectivity index (χ3v) is 2.65. The first kappa shape index (κ1) is 10.2. The van der Waals surface area contributed by atoms with Gasteiger partial charge in [0.1, 0.15) is 0 Å². The molecule has 1 aliphatic heterocycles. The van der Waals surface area contributed by atoms with Gasteiger partial charge < -0.3 is 10.6 Å². The second-order valence-corrected chi connectivity index (χ2v) is 3.94. The zero-order valence-corrected chi connectivity index (χ0v) is 9.08. The molecule has 1 atom stereocenters. The summed E-state index contributed by atoms with van der Waals surface area (Å²) in [6.45, 7) is 2.82. The van der Waals surface area contributed by atoms with E-state index in [4.69, 9.17) is 0 Å². The van der Waals surface area contributed by atoms with Gasteiger partial charge in [0, 0.05) is 13.2 Å². The number of hydrogen-bond acceptors (Lipinski definition) is 3. The van der Waals surface area contributed by atoms with E-state index in [0.29, 0.717) is 0 Å². The minimum Gasteiger partial charge on any atom is -0.322 e. The summed E-state index contributed by atoms with van der Waals surface area (Å²) < 4.78 is 1.70. The molecule has 1 fully saturated rings. The van der Waals surface area contributed by atoms with Crippen LogP contribution in [0.2, 0.25) is 0 Å². The number of aryl methyl sites for hydroxylation is 2. The highest BCUT2D eigenvalue weighted by Crippen LogP contribution is 2.13. The van der Waals surface area contributed by atoms with E-state index >= 15 is 0 Å². The predicted octanol–water partition coefficient (Wildman–Crippen LogP) is 0.419. The Morgan fingerprint density at radius 2 is 2.53 bits per heavy atom. The quantitative estimate of drug-likeness (QED) is 0.740. The SMILES string of the molecule is Cc1nn(C)cc1NC(=O)[C@H]1CCCN1. The van der Waals surface area contributed by atoms with Crippen molar-refractivity contribution in [3.05, 3.63) is 11.9 Å². The van der Waals surface area contributed by atoms with Gasteiger partial charge in [0.05, 0.1) is 17.4 Å². The average molecular weight is 208 g/mol. The Morgan fingerprint density at radius 3 is 3.07 bits per heavy atom. The highest BCUT2D eigenvalue weighted by molar-refractivity contribution is 5.95. The van der Waals surface area contributed by atoms with E-state index in [2.05, 4.69) is 15.7 Å². The number of rotatable bonds is 2. The first-order valence-electron chi connectivity index (χ1n) is 5.21. The van der Waals surface area contributed by atoms with Gasteiger partial charge in [-0.3, -0.25) is 9.48 Å². The second-order valence-electron chi connectivity index (χ2n) is 3.94. The lowest BCUT2D eigenvalue weighted by molar-refractivity contribution is -0.117. The van der Waals surface area contributed by atoms with Crippen LogP contribution in [0.4, 0.5) is 5.69 Å². The molecule has 1 aromatic heterocycles. The fraction of sp³-hybridized carbons (Fsp3) is 0.600. The van der Waals surface area contributed by atoms with Crippen LogP contribution in [-0.2, 0) is 11.8 Å². The second kappa shape index (κ2) is 4.02. The lowest BCUT2D eigenvalue weighted by Crippen LogP contribution is -2.35. The lowest BCUT2D eigenvalue weighted by Gasteiger charge is -2.09. The van der Waals surface area contributed by atoms with Crippen molar-refractivity contribution in [2.75, 3.05) is 11.9 Å². The third-order valence-electron chi connectivity index (χ3n) is 2.65. The number of anilines is 1. The number of nitrogens with one attached hydrogen (secondary N) is 2. The van der Waals surface area contributed by atoms with Crippen molar-refractivity contribution in [3.8, 4) is 0 Å². The molecule has 2 heterocycles. The largest absolute Gasteiger partial charge is 0.322 e. The minimum atomic E-state index is -0.0374. The molecule has 0 spiro atoms. The zero-order valence-electron chi connectivity index (χ0n) is 9.08. The number of carbonyl (C=O) groups is 1. The number of hydrogen-bond donors (Lipinski definition) is 2. The molecule has 82 valence electrons. The van der Waals surface area contributed by atoms with Crippen molar-refractivity contribution in [3.63, 3.8) is 0 Å². The van der Waals surface area contributed by atoms with Crippen molar-refractivity contribution in [2.45, 2.75) is 25.8 Å². The van der Waals surface area contributed by atoms with Gasteiger partial charge in [-0.05, 0) is 26.3 Å². The predicted molar refractivity (Wildman–Crippen MR) is 57.6 cm³/mol. The van der Waals surface area contributed by atoms with Gasteiger partial charge in [-0.25, -0.2) is 0 Å². The smallest absolute Gasteiger partial charge is 0.241 e. The Bertz CT molecular complexity index is 365. The van der Waals surface area contributed by atoms with Crippen LogP contribution < -0.4 is 10.6 Å². The van der Waals surface area contributed by atoms with Crippen molar-refractivity contribution in [1.82, 2.24) is 15.1 Å². The maximum atomic E-state index is 11.8. The van der Waals surface area contributed by atoms with E-state index in [1.54, 1.807) is 4.68 Å². The molecule has 2 N–H and O–H groups in total. The molecule has 0 aliphatic carbocycles. The van der Waals surface area contributed by atoms with E-state index in [1.165, 1.54) is 0 Å². The molecule has 1 aliphatic rings. The summed E-state index contributed by atoms with van der Waals surface area (Å²) in [5.41, 5.74) is 1.65. The summed E-state index contributed by atoms with van der Waals surface area (Å²) in [5.74, 6) is 0.0450. The molecule has 1 aromatic rings. The summed E-state index contributed by atoms with van der Waals surface area (Å²) in [7, 11) is 1.84. The van der Waals surface area contributed by atoms with E-state index in [1.807, 2.05) is 20.2 Å². The minimum absolute atomic E-state index is 0.0374. The molecule has 1 amide bonds. The first-order valence-corrected chi connectivity index (χ1v) is 5.21. The summed E-state index contributed by atoms with van der Waals surface area (Å²) in [5, 5.41) is 10.2. The third kappa shape index (κ3) is 2.18. The van der Waals surface area contributed by atoms with Crippen LogP contribution in [0.15, 0.2) is 6.20 Å². The first-order chi connectivity index (χ1) is 7.16. The zero-order chi connectivity index (χ0) is 10.8. The van der Waals surface area contributed by atoms with Crippen LogP contribution in [0.1, 0.15) is 18.5 Å². The van der Waals surface area contributed by atoms with Gasteiger partial charge in [0.2, 0.25) is 5.91 Å². The van der Waals surface area contributed by atoms with Gasteiger partial charge in [0.15, 0.2) is 0 Å². The fourth-order valence-electron chi connectivity index (χ4n) is 1.85. The van der Waals surface area contributed by atoms with E-state index in [9.17, 15) is 4.79 Å². The summed E-state index contributed by atoms with van der Waals surface area (Å²) in [6, 6.07) is -0.0374. The van der Waals surface area contributed by atoms with Crippen molar-refractivity contribution in [2.24, 2.45) is 7.05 Å². The molecule has 5 nitrogen and oxygen atoms in total. The van der Waals surface area contributed by atoms with Crippen LogP contribution in [-0.4, -0.2) is 28.3 Å². The molecule has 0 radical (unpaired) electrons. The number of aromatic nitrogens is 2. The molecule has 0 aromatic carbocycles. The van der Waals surface area contributed by atoms with E-state index < -0.39 is 0 Å². The van der Waals surface area contributed by atoms with Gasteiger partial charge in [0.25, 0.3) is 0 Å². The van der Waals surface area contributed by atoms with Crippen molar-refractivity contribution >= 4 is 11.6 Å². The summed E-state index contributed by atoms with van der Waals surface area (Å²) in [4.78, 5) is 11.8. The Hall–Kier alpha value is -1.36. The van der Waals surface area contributed by atoms with Gasteiger partial charge in [-0.2, -0.15) is 5.10 Å². The number of carbonyl (C=O) groups excluding carboxylic acids is 1. The highest BCUT2D eigenvalue weighted by Gasteiger charge is 2.22. The number of nitrogens with zero attached hydrogens (tertiary/aromatic N) is 2. The van der Waals surface area contributed by atoms with Crippen LogP contribution in [0.3, 0.4) is 0 Å². The van der Waals surface area contributed by atoms with Gasteiger partial charge >= 0.3 is 0 Å². The molecule has 0 bridgehead atoms. The molecule has 15 heavy (non-hydrogen) atoms. The fourth-order valence-corrected chi connectivity index (χ4v) is 1.85.